The fourth-order valence-corrected chi connectivity index (χ4v) is 2.46. The van der Waals surface area contributed by atoms with Crippen LogP contribution in [0.15, 0.2) is 0 Å². The first kappa shape index (κ1) is 14.3. The molecule has 1 aliphatic rings. The summed E-state index contributed by atoms with van der Waals surface area (Å²) in [5.41, 5.74) is 0.0505. The molecule has 7 heteroatoms. The summed E-state index contributed by atoms with van der Waals surface area (Å²) in [6, 6.07) is 0.271. The second-order valence-corrected chi connectivity index (χ2v) is 5.54. The van der Waals surface area contributed by atoms with E-state index in [-0.39, 0.29) is 22.8 Å². The van der Waals surface area contributed by atoms with Crippen molar-refractivity contribution in [1.82, 2.24) is 15.0 Å². The molecule has 19 heavy (non-hydrogen) atoms. The van der Waals surface area contributed by atoms with Crippen molar-refractivity contribution in [2.75, 3.05) is 24.3 Å². The van der Waals surface area contributed by atoms with Crippen molar-refractivity contribution < 1.29 is 4.74 Å². The number of ether oxygens (including phenoxy) is 1. The van der Waals surface area contributed by atoms with Crippen LogP contribution < -0.4 is 10.6 Å². The van der Waals surface area contributed by atoms with Crippen LogP contribution in [0, 0.1) is 5.41 Å². The van der Waals surface area contributed by atoms with E-state index in [2.05, 4.69) is 39.4 Å². The van der Waals surface area contributed by atoms with E-state index in [1.165, 1.54) is 0 Å². The third kappa shape index (κ3) is 2.90. The van der Waals surface area contributed by atoms with Crippen molar-refractivity contribution in [3.63, 3.8) is 0 Å². The van der Waals surface area contributed by atoms with Gasteiger partial charge in [0.25, 0.3) is 0 Å². The smallest absolute Gasteiger partial charge is 0.229 e. The van der Waals surface area contributed by atoms with Crippen molar-refractivity contribution in [1.29, 1.82) is 0 Å². The monoisotopic (exact) mass is 285 g/mol. The highest BCUT2D eigenvalue weighted by Crippen LogP contribution is 2.44. The van der Waals surface area contributed by atoms with Crippen molar-refractivity contribution in [2.45, 2.75) is 39.3 Å². The minimum Gasteiger partial charge on any atom is -0.378 e. The number of anilines is 2. The van der Waals surface area contributed by atoms with E-state index in [0.29, 0.717) is 11.9 Å². The van der Waals surface area contributed by atoms with Gasteiger partial charge >= 0.3 is 0 Å². The number of hydrogen-bond donors (Lipinski definition) is 2. The molecule has 1 fully saturated rings. The average Bonchev–Trinajstić information content (AvgIpc) is 2.37. The summed E-state index contributed by atoms with van der Waals surface area (Å²) in [5.74, 6) is 0.957. The first-order valence-electron chi connectivity index (χ1n) is 6.44. The number of aromatic nitrogens is 3. The summed E-state index contributed by atoms with van der Waals surface area (Å²) >= 11 is 5.86. The second-order valence-electron chi connectivity index (χ2n) is 5.20. The molecule has 0 aliphatic heterocycles. The minimum atomic E-state index is 0.0505. The quantitative estimate of drug-likeness (QED) is 0.864. The lowest BCUT2D eigenvalue weighted by atomic mass is 9.64. The van der Waals surface area contributed by atoms with Gasteiger partial charge in [-0.15, -0.1) is 0 Å². The number of rotatable bonds is 5. The zero-order valence-corrected chi connectivity index (χ0v) is 12.5. The van der Waals surface area contributed by atoms with Gasteiger partial charge in [0.05, 0.1) is 6.10 Å². The molecular formula is C12H20ClN5O. The maximum Gasteiger partial charge on any atom is 0.229 e. The summed E-state index contributed by atoms with van der Waals surface area (Å²) in [6.45, 7) is 7.11. The first-order chi connectivity index (χ1) is 8.97. The van der Waals surface area contributed by atoms with E-state index >= 15 is 0 Å². The van der Waals surface area contributed by atoms with Crippen molar-refractivity contribution >= 4 is 23.5 Å². The summed E-state index contributed by atoms with van der Waals surface area (Å²) in [4.78, 5) is 12.3. The van der Waals surface area contributed by atoms with E-state index < -0.39 is 0 Å². The van der Waals surface area contributed by atoms with Gasteiger partial charge in [0.2, 0.25) is 17.2 Å². The van der Waals surface area contributed by atoms with Crippen LogP contribution in [0.5, 0.6) is 0 Å². The molecule has 0 amide bonds. The molecule has 0 saturated heterocycles. The molecule has 0 bridgehead atoms. The molecule has 1 saturated carbocycles. The van der Waals surface area contributed by atoms with Crippen LogP contribution >= 0.6 is 11.6 Å². The fraction of sp³-hybridized carbons (Fsp3) is 0.750. The van der Waals surface area contributed by atoms with E-state index in [1.54, 1.807) is 7.05 Å². The lowest BCUT2D eigenvalue weighted by Crippen LogP contribution is -2.58. The van der Waals surface area contributed by atoms with Gasteiger partial charge in [-0.1, -0.05) is 13.8 Å². The molecule has 0 radical (unpaired) electrons. The Morgan fingerprint density at radius 3 is 2.58 bits per heavy atom. The molecule has 0 spiro atoms. The van der Waals surface area contributed by atoms with Crippen LogP contribution in [0.3, 0.4) is 0 Å². The summed E-state index contributed by atoms with van der Waals surface area (Å²) in [5, 5.41) is 6.34. The zero-order chi connectivity index (χ0) is 14.0. The Balaban J connectivity index is 2.05. The van der Waals surface area contributed by atoms with Crippen LogP contribution in [0.2, 0.25) is 5.28 Å². The van der Waals surface area contributed by atoms with Crippen molar-refractivity contribution in [2.24, 2.45) is 5.41 Å². The third-order valence-corrected chi connectivity index (χ3v) is 3.85. The first-order valence-corrected chi connectivity index (χ1v) is 6.82. The Morgan fingerprint density at radius 1 is 1.32 bits per heavy atom. The molecule has 2 atom stereocenters. The van der Waals surface area contributed by atoms with Gasteiger partial charge in [0.1, 0.15) is 0 Å². The van der Waals surface area contributed by atoms with Gasteiger partial charge in [-0.05, 0) is 24.9 Å². The lowest BCUT2D eigenvalue weighted by molar-refractivity contribution is -0.0977. The number of nitrogens with one attached hydrogen (secondary N) is 2. The second kappa shape index (κ2) is 5.46. The number of halogens is 1. The van der Waals surface area contributed by atoms with Gasteiger partial charge in [-0.2, -0.15) is 15.0 Å². The fourth-order valence-electron chi connectivity index (χ4n) is 2.30. The molecule has 2 N–H and O–H groups in total. The van der Waals surface area contributed by atoms with E-state index in [9.17, 15) is 0 Å². The van der Waals surface area contributed by atoms with Crippen molar-refractivity contribution in [3.8, 4) is 0 Å². The van der Waals surface area contributed by atoms with Crippen molar-refractivity contribution in [3.05, 3.63) is 5.28 Å². The molecule has 2 unspecified atom stereocenters. The van der Waals surface area contributed by atoms with Gasteiger partial charge in [-0.25, -0.2) is 0 Å². The molecule has 0 aromatic carbocycles. The molecule has 1 heterocycles. The molecule has 1 aromatic heterocycles. The Morgan fingerprint density at radius 2 is 2.00 bits per heavy atom. The highest BCUT2D eigenvalue weighted by atomic mass is 35.5. The summed E-state index contributed by atoms with van der Waals surface area (Å²) in [7, 11) is 1.74. The zero-order valence-electron chi connectivity index (χ0n) is 11.7. The Bertz CT molecular complexity index is 454. The molecule has 2 rings (SSSR count). The van der Waals surface area contributed by atoms with Crippen LogP contribution in [0.4, 0.5) is 11.9 Å². The summed E-state index contributed by atoms with van der Waals surface area (Å²) in [6.07, 6.45) is 1.22. The van der Waals surface area contributed by atoms with E-state index in [4.69, 9.17) is 16.3 Å². The predicted octanol–water partition coefficient (Wildman–Crippen LogP) is 2.18. The molecule has 6 nitrogen and oxygen atoms in total. The third-order valence-electron chi connectivity index (χ3n) is 3.68. The molecular weight excluding hydrogens is 266 g/mol. The summed E-state index contributed by atoms with van der Waals surface area (Å²) < 4.78 is 5.70. The Hall–Kier alpha value is -1.14. The SMILES string of the molecule is CCOC1CC(Nc2nc(Cl)nc(NC)n2)C1(C)C. The van der Waals surface area contributed by atoms with Crippen LogP contribution in [-0.4, -0.2) is 40.8 Å². The number of nitrogens with zero attached hydrogens (tertiary/aromatic N) is 3. The average molecular weight is 286 g/mol. The number of hydrogen-bond acceptors (Lipinski definition) is 6. The molecule has 106 valence electrons. The lowest BCUT2D eigenvalue weighted by Gasteiger charge is -2.51. The predicted molar refractivity (Wildman–Crippen MR) is 75.6 cm³/mol. The van der Waals surface area contributed by atoms with Gasteiger partial charge in [-0.3, -0.25) is 0 Å². The topological polar surface area (TPSA) is 72.0 Å². The molecule has 1 aliphatic carbocycles. The largest absolute Gasteiger partial charge is 0.378 e. The van der Waals surface area contributed by atoms with E-state index in [0.717, 1.165) is 13.0 Å². The highest BCUT2D eigenvalue weighted by molar-refractivity contribution is 6.28. The van der Waals surface area contributed by atoms with Crippen LogP contribution in [-0.2, 0) is 4.74 Å². The van der Waals surface area contributed by atoms with Crippen LogP contribution in [0.25, 0.3) is 0 Å². The standard InChI is InChI=1S/C12H20ClN5O/c1-5-19-8-6-7(12(8,2)3)15-11-17-9(13)16-10(14-4)18-11/h7-8H,5-6H2,1-4H3,(H2,14,15,16,17,18). The van der Waals surface area contributed by atoms with E-state index in [1.807, 2.05) is 6.92 Å². The maximum atomic E-state index is 5.86. The maximum absolute atomic E-state index is 5.86. The van der Waals surface area contributed by atoms with Gasteiger partial charge in [0.15, 0.2) is 0 Å². The minimum absolute atomic E-state index is 0.0505. The Kier molecular flexibility index (Phi) is 4.10. The highest BCUT2D eigenvalue weighted by Gasteiger charge is 2.49. The van der Waals surface area contributed by atoms with Gasteiger partial charge < -0.3 is 15.4 Å². The van der Waals surface area contributed by atoms with Gasteiger partial charge in [0, 0.05) is 25.1 Å². The van der Waals surface area contributed by atoms with Crippen LogP contribution in [0.1, 0.15) is 27.2 Å². The molecule has 1 aromatic rings. The normalized spacial score (nSPS) is 24.7. The Labute approximate surface area is 118 Å².